The van der Waals surface area contributed by atoms with E-state index < -0.39 is 12.1 Å². The number of amides is 1. The van der Waals surface area contributed by atoms with Crippen LogP contribution in [0.2, 0.25) is 0 Å². The van der Waals surface area contributed by atoms with Gasteiger partial charge in [0, 0.05) is 6.04 Å². The van der Waals surface area contributed by atoms with Crippen LogP contribution in [0.25, 0.3) is 5.69 Å². The maximum absolute atomic E-state index is 12.3. The largest absolute Gasteiger partial charge is 0.449 e. The van der Waals surface area contributed by atoms with Crippen molar-refractivity contribution in [3.05, 3.63) is 36.2 Å². The SMILES string of the molecule is C[C@@H](OC(=O)c1ccc(-n2cnnn2)cc1)C(=O)NC1CCCCCC1. The van der Waals surface area contributed by atoms with E-state index in [9.17, 15) is 9.59 Å². The lowest BCUT2D eigenvalue weighted by Crippen LogP contribution is -2.41. The van der Waals surface area contributed by atoms with Gasteiger partial charge in [0.05, 0.1) is 11.3 Å². The maximum atomic E-state index is 12.3. The molecule has 1 amide bonds. The Labute approximate surface area is 151 Å². The van der Waals surface area contributed by atoms with Gasteiger partial charge in [0.25, 0.3) is 5.91 Å². The summed E-state index contributed by atoms with van der Waals surface area (Å²) in [6.07, 6.45) is 7.32. The Balaban J connectivity index is 1.53. The molecule has 1 fully saturated rings. The number of ether oxygens (including phenoxy) is 1. The third-order valence-corrected chi connectivity index (χ3v) is 4.57. The van der Waals surface area contributed by atoms with Crippen LogP contribution in [0.5, 0.6) is 0 Å². The highest BCUT2D eigenvalue weighted by Crippen LogP contribution is 2.17. The monoisotopic (exact) mass is 357 g/mol. The van der Waals surface area contributed by atoms with Crippen molar-refractivity contribution >= 4 is 11.9 Å². The molecule has 1 aliphatic carbocycles. The first-order valence-corrected chi connectivity index (χ1v) is 8.98. The standard InChI is InChI=1S/C18H23N5O3/c1-13(17(24)20-15-6-4-2-3-5-7-15)26-18(25)14-8-10-16(11-9-14)23-12-19-21-22-23/h8-13,15H,2-7H2,1H3,(H,20,24)/t13-/m1/s1. The van der Waals surface area contributed by atoms with Gasteiger partial charge in [-0.3, -0.25) is 4.79 Å². The minimum absolute atomic E-state index is 0.182. The summed E-state index contributed by atoms with van der Waals surface area (Å²) in [6, 6.07) is 6.85. The fraction of sp³-hybridized carbons (Fsp3) is 0.500. The first-order valence-electron chi connectivity index (χ1n) is 8.98. The van der Waals surface area contributed by atoms with Crippen LogP contribution in [0, 0.1) is 0 Å². The predicted molar refractivity (Wildman–Crippen MR) is 93.7 cm³/mol. The van der Waals surface area contributed by atoms with Crippen LogP contribution in [-0.2, 0) is 9.53 Å². The molecule has 1 aromatic carbocycles. The molecule has 1 aromatic heterocycles. The van der Waals surface area contributed by atoms with Crippen LogP contribution in [-0.4, -0.2) is 44.2 Å². The van der Waals surface area contributed by atoms with Gasteiger partial charge < -0.3 is 10.1 Å². The van der Waals surface area contributed by atoms with Crippen LogP contribution in [0.15, 0.2) is 30.6 Å². The van der Waals surface area contributed by atoms with Crippen LogP contribution in [0.3, 0.4) is 0 Å². The zero-order chi connectivity index (χ0) is 18.4. The highest BCUT2D eigenvalue weighted by atomic mass is 16.5. The molecule has 1 aliphatic rings. The van der Waals surface area contributed by atoms with Gasteiger partial charge in [-0.25, -0.2) is 9.48 Å². The normalized spacial score (nSPS) is 16.5. The molecule has 0 unspecified atom stereocenters. The molecule has 8 nitrogen and oxygen atoms in total. The molecule has 0 saturated heterocycles. The van der Waals surface area contributed by atoms with E-state index >= 15 is 0 Å². The Hall–Kier alpha value is -2.77. The number of aromatic nitrogens is 4. The summed E-state index contributed by atoms with van der Waals surface area (Å²) in [5, 5.41) is 13.9. The summed E-state index contributed by atoms with van der Waals surface area (Å²) in [5.74, 6) is -0.771. The number of hydrogen-bond donors (Lipinski definition) is 1. The minimum Gasteiger partial charge on any atom is -0.449 e. The third kappa shape index (κ3) is 4.65. The first kappa shape index (κ1) is 18.0. The summed E-state index contributed by atoms with van der Waals surface area (Å²) in [7, 11) is 0. The van der Waals surface area contributed by atoms with Gasteiger partial charge >= 0.3 is 5.97 Å². The molecule has 1 atom stereocenters. The van der Waals surface area contributed by atoms with Crippen LogP contribution in [0.1, 0.15) is 55.8 Å². The van der Waals surface area contributed by atoms with Gasteiger partial charge in [-0.05, 0) is 54.5 Å². The van der Waals surface area contributed by atoms with E-state index in [2.05, 4.69) is 20.8 Å². The van der Waals surface area contributed by atoms with Crippen molar-refractivity contribution in [2.24, 2.45) is 0 Å². The molecular formula is C18H23N5O3. The van der Waals surface area contributed by atoms with Crippen LogP contribution >= 0.6 is 0 Å². The number of tetrazole rings is 1. The molecule has 1 saturated carbocycles. The molecule has 8 heteroatoms. The summed E-state index contributed by atoms with van der Waals surface area (Å²) in [6.45, 7) is 1.60. The fourth-order valence-corrected chi connectivity index (χ4v) is 3.05. The quantitative estimate of drug-likeness (QED) is 0.649. The lowest BCUT2D eigenvalue weighted by Gasteiger charge is -2.19. The molecule has 26 heavy (non-hydrogen) atoms. The van der Waals surface area contributed by atoms with Crippen LogP contribution in [0.4, 0.5) is 0 Å². The second-order valence-electron chi connectivity index (χ2n) is 6.55. The zero-order valence-corrected chi connectivity index (χ0v) is 14.8. The van der Waals surface area contributed by atoms with Gasteiger partial charge in [-0.2, -0.15) is 0 Å². The van der Waals surface area contributed by atoms with E-state index in [-0.39, 0.29) is 11.9 Å². The molecule has 0 spiro atoms. The van der Waals surface area contributed by atoms with Gasteiger partial charge in [-0.15, -0.1) is 5.10 Å². The molecule has 0 bridgehead atoms. The third-order valence-electron chi connectivity index (χ3n) is 4.57. The smallest absolute Gasteiger partial charge is 0.338 e. The van der Waals surface area contributed by atoms with Crippen molar-refractivity contribution < 1.29 is 14.3 Å². The molecule has 3 rings (SSSR count). The molecule has 1 N–H and O–H groups in total. The predicted octanol–water partition coefficient (Wildman–Crippen LogP) is 2.05. The van der Waals surface area contributed by atoms with E-state index in [1.165, 1.54) is 23.9 Å². The fourth-order valence-electron chi connectivity index (χ4n) is 3.05. The number of carbonyl (C=O) groups is 2. The molecule has 2 aromatic rings. The Bertz CT molecular complexity index is 722. The van der Waals surface area contributed by atoms with E-state index in [1.807, 2.05) is 0 Å². The van der Waals surface area contributed by atoms with Crippen molar-refractivity contribution in [1.82, 2.24) is 25.5 Å². The van der Waals surface area contributed by atoms with Crippen LogP contribution < -0.4 is 5.32 Å². The van der Waals surface area contributed by atoms with Crippen molar-refractivity contribution in [2.75, 3.05) is 0 Å². The van der Waals surface area contributed by atoms with Gasteiger partial charge in [0.1, 0.15) is 6.33 Å². The highest BCUT2D eigenvalue weighted by molar-refractivity contribution is 5.92. The average molecular weight is 357 g/mol. The van der Waals surface area contributed by atoms with E-state index in [0.717, 1.165) is 31.4 Å². The summed E-state index contributed by atoms with van der Waals surface area (Å²) >= 11 is 0. The number of esters is 1. The van der Waals surface area contributed by atoms with Crippen molar-refractivity contribution in [3.63, 3.8) is 0 Å². The summed E-state index contributed by atoms with van der Waals surface area (Å²) in [5.41, 5.74) is 1.10. The van der Waals surface area contributed by atoms with Gasteiger partial charge in [-0.1, -0.05) is 25.7 Å². The lowest BCUT2D eigenvalue weighted by atomic mass is 10.1. The Kier molecular flexibility index (Phi) is 5.93. The Morgan fingerprint density at radius 3 is 2.46 bits per heavy atom. The number of rotatable bonds is 5. The highest BCUT2D eigenvalue weighted by Gasteiger charge is 2.22. The van der Waals surface area contributed by atoms with E-state index in [4.69, 9.17) is 4.74 Å². The molecule has 138 valence electrons. The second-order valence-corrected chi connectivity index (χ2v) is 6.55. The minimum atomic E-state index is -0.829. The van der Waals surface area contributed by atoms with Crippen molar-refractivity contribution in [1.29, 1.82) is 0 Å². The number of nitrogens with one attached hydrogen (secondary N) is 1. The van der Waals surface area contributed by atoms with Crippen molar-refractivity contribution in [3.8, 4) is 5.69 Å². The lowest BCUT2D eigenvalue weighted by molar-refractivity contribution is -0.129. The average Bonchev–Trinajstić information content (AvgIpc) is 3.07. The number of hydrogen-bond acceptors (Lipinski definition) is 6. The second kappa shape index (κ2) is 8.55. The number of benzene rings is 1. The van der Waals surface area contributed by atoms with E-state index in [1.54, 1.807) is 31.2 Å². The van der Waals surface area contributed by atoms with Gasteiger partial charge in [0.15, 0.2) is 6.10 Å². The topological polar surface area (TPSA) is 99.0 Å². The maximum Gasteiger partial charge on any atom is 0.338 e. The summed E-state index contributed by atoms with van der Waals surface area (Å²) < 4.78 is 6.79. The molecule has 0 aliphatic heterocycles. The Morgan fingerprint density at radius 1 is 1.15 bits per heavy atom. The Morgan fingerprint density at radius 2 is 1.85 bits per heavy atom. The molecule has 0 radical (unpaired) electrons. The molecule has 1 heterocycles. The molecular weight excluding hydrogens is 334 g/mol. The first-order chi connectivity index (χ1) is 12.6. The van der Waals surface area contributed by atoms with Gasteiger partial charge in [0.2, 0.25) is 0 Å². The zero-order valence-electron chi connectivity index (χ0n) is 14.8. The van der Waals surface area contributed by atoms with E-state index in [0.29, 0.717) is 5.56 Å². The number of nitrogens with zero attached hydrogens (tertiary/aromatic N) is 4. The summed E-state index contributed by atoms with van der Waals surface area (Å²) in [4.78, 5) is 24.5. The van der Waals surface area contributed by atoms with Crippen molar-refractivity contribution in [2.45, 2.75) is 57.6 Å². The number of carbonyl (C=O) groups excluding carboxylic acids is 2.